The van der Waals surface area contributed by atoms with Gasteiger partial charge in [0.15, 0.2) is 0 Å². The zero-order chi connectivity index (χ0) is 32.2. The van der Waals surface area contributed by atoms with Crippen molar-refractivity contribution >= 4 is 23.2 Å². The smallest absolute Gasteiger partial charge is 0.218 e. The molecule has 6 rings (SSSR count). The van der Waals surface area contributed by atoms with E-state index in [1.165, 1.54) is 5.56 Å². The van der Waals surface area contributed by atoms with Gasteiger partial charge in [-0.25, -0.2) is 4.98 Å². The third-order valence-electron chi connectivity index (χ3n) is 8.69. The summed E-state index contributed by atoms with van der Waals surface area (Å²) in [5, 5.41) is 14.4. The maximum Gasteiger partial charge on any atom is 0.218 e. The molecule has 1 saturated heterocycles. The van der Waals surface area contributed by atoms with Crippen molar-refractivity contribution in [3.8, 4) is 45.3 Å². The van der Waals surface area contributed by atoms with E-state index in [0.717, 1.165) is 84.6 Å². The lowest BCUT2D eigenvalue weighted by molar-refractivity contribution is 0.110. The number of aliphatic hydroxyl groups is 1. The Labute approximate surface area is 280 Å². The van der Waals surface area contributed by atoms with Crippen LogP contribution in [0.2, 0.25) is 10.0 Å². The van der Waals surface area contributed by atoms with E-state index in [2.05, 4.69) is 21.3 Å². The van der Waals surface area contributed by atoms with Crippen molar-refractivity contribution in [1.29, 1.82) is 0 Å². The van der Waals surface area contributed by atoms with Gasteiger partial charge in [0.1, 0.15) is 5.75 Å². The second kappa shape index (κ2) is 14.7. The van der Waals surface area contributed by atoms with Crippen molar-refractivity contribution in [3.05, 3.63) is 81.5 Å². The van der Waals surface area contributed by atoms with Crippen molar-refractivity contribution in [2.24, 2.45) is 0 Å². The predicted octanol–water partition coefficient (Wildman–Crippen LogP) is 6.81. The predicted molar refractivity (Wildman–Crippen MR) is 183 cm³/mol. The molecule has 46 heavy (non-hydrogen) atoms. The number of nitrogens with one attached hydrogen (secondary N) is 1. The SMILES string of the molecule is COc1cc(-c2nccc(-c3cccc(-c4ccc(CNCC5CCCO5)c(OC)n4)c3Cl)c2Cl)cc2c1CN(CC(C)O)CC2. The Kier molecular flexibility index (Phi) is 10.4. The molecule has 2 unspecified atom stereocenters. The molecule has 2 atom stereocenters. The summed E-state index contributed by atoms with van der Waals surface area (Å²) in [7, 11) is 3.31. The lowest BCUT2D eigenvalue weighted by Gasteiger charge is -2.31. The van der Waals surface area contributed by atoms with Gasteiger partial charge in [0.25, 0.3) is 0 Å². The number of hydrogen-bond acceptors (Lipinski definition) is 8. The Bertz CT molecular complexity index is 1680. The van der Waals surface area contributed by atoms with Crippen LogP contribution in [0.15, 0.2) is 54.7 Å². The van der Waals surface area contributed by atoms with Gasteiger partial charge in [-0.05, 0) is 56.0 Å². The summed E-state index contributed by atoms with van der Waals surface area (Å²) in [6.07, 6.45) is 4.69. The number of fused-ring (bicyclic) bond motifs is 1. The molecule has 4 aromatic rings. The minimum atomic E-state index is -0.385. The van der Waals surface area contributed by atoms with Crippen LogP contribution in [0.5, 0.6) is 11.6 Å². The molecular weight excluding hydrogens is 623 g/mol. The van der Waals surface area contributed by atoms with E-state index in [4.69, 9.17) is 42.4 Å². The van der Waals surface area contributed by atoms with Crippen molar-refractivity contribution in [2.45, 2.75) is 51.5 Å². The van der Waals surface area contributed by atoms with E-state index in [1.807, 2.05) is 49.4 Å². The first-order valence-electron chi connectivity index (χ1n) is 15.8. The van der Waals surface area contributed by atoms with Crippen LogP contribution in [-0.2, 0) is 24.2 Å². The molecule has 0 saturated carbocycles. The molecule has 2 aliphatic rings. The summed E-state index contributed by atoms with van der Waals surface area (Å²) >= 11 is 14.2. The fourth-order valence-electron chi connectivity index (χ4n) is 6.43. The molecule has 2 aromatic carbocycles. The van der Waals surface area contributed by atoms with E-state index in [0.29, 0.717) is 40.4 Å². The average Bonchev–Trinajstić information content (AvgIpc) is 3.58. The third kappa shape index (κ3) is 7.03. The number of benzene rings is 2. The minimum Gasteiger partial charge on any atom is -0.496 e. The summed E-state index contributed by atoms with van der Waals surface area (Å²) in [6.45, 7) is 6.29. The zero-order valence-corrected chi connectivity index (χ0v) is 28.0. The maximum absolute atomic E-state index is 9.90. The summed E-state index contributed by atoms with van der Waals surface area (Å²) in [5.41, 5.74) is 7.90. The molecule has 4 heterocycles. The summed E-state index contributed by atoms with van der Waals surface area (Å²) < 4.78 is 17.2. The first kappa shape index (κ1) is 32.7. The van der Waals surface area contributed by atoms with E-state index < -0.39 is 0 Å². The van der Waals surface area contributed by atoms with Gasteiger partial charge in [-0.1, -0.05) is 47.5 Å². The Morgan fingerprint density at radius 1 is 1.07 bits per heavy atom. The van der Waals surface area contributed by atoms with Gasteiger partial charge < -0.3 is 24.6 Å². The number of hydrogen-bond donors (Lipinski definition) is 2. The topological polar surface area (TPSA) is 89.0 Å². The van der Waals surface area contributed by atoms with Crippen molar-refractivity contribution < 1.29 is 19.3 Å². The molecule has 10 heteroatoms. The molecule has 1 fully saturated rings. The molecule has 0 bridgehead atoms. The molecule has 8 nitrogen and oxygen atoms in total. The highest BCUT2D eigenvalue weighted by Gasteiger charge is 2.24. The monoisotopic (exact) mass is 662 g/mol. The van der Waals surface area contributed by atoms with Crippen LogP contribution >= 0.6 is 23.2 Å². The summed E-state index contributed by atoms with van der Waals surface area (Å²) in [5.74, 6) is 1.34. The minimum absolute atomic E-state index is 0.266. The average molecular weight is 664 g/mol. The number of β-amino-alcohol motifs (C(OH)–C–C–N with tert-alkyl or cyclic N) is 1. The Balaban J connectivity index is 1.28. The van der Waals surface area contributed by atoms with Crippen LogP contribution < -0.4 is 14.8 Å². The fourth-order valence-corrected chi connectivity index (χ4v) is 7.08. The Hall–Kier alpha value is -3.24. The lowest BCUT2D eigenvalue weighted by atomic mass is 9.93. The molecule has 242 valence electrons. The molecular formula is C36H40Cl2N4O4. The molecule has 0 aliphatic carbocycles. The van der Waals surface area contributed by atoms with Gasteiger partial charge in [-0.3, -0.25) is 9.88 Å². The van der Waals surface area contributed by atoms with Gasteiger partial charge in [0.2, 0.25) is 5.88 Å². The normalized spacial score (nSPS) is 17.1. The van der Waals surface area contributed by atoms with Gasteiger partial charge in [0, 0.05) is 78.9 Å². The van der Waals surface area contributed by atoms with Crippen LogP contribution in [0.1, 0.15) is 36.5 Å². The van der Waals surface area contributed by atoms with E-state index in [1.54, 1.807) is 20.4 Å². The van der Waals surface area contributed by atoms with Crippen molar-refractivity contribution in [3.63, 3.8) is 0 Å². The third-order valence-corrected chi connectivity index (χ3v) is 9.48. The molecule has 2 aromatic heterocycles. The van der Waals surface area contributed by atoms with E-state index >= 15 is 0 Å². The van der Waals surface area contributed by atoms with Crippen LogP contribution in [0.3, 0.4) is 0 Å². The van der Waals surface area contributed by atoms with Crippen LogP contribution in [0.25, 0.3) is 33.6 Å². The molecule has 0 radical (unpaired) electrons. The fraction of sp³-hybridized carbons (Fsp3) is 0.389. The van der Waals surface area contributed by atoms with Crippen LogP contribution in [0, 0.1) is 0 Å². The lowest BCUT2D eigenvalue weighted by Crippen LogP contribution is -2.35. The highest BCUT2D eigenvalue weighted by Crippen LogP contribution is 2.43. The largest absolute Gasteiger partial charge is 0.496 e. The van der Waals surface area contributed by atoms with E-state index in [9.17, 15) is 5.11 Å². The van der Waals surface area contributed by atoms with Gasteiger partial charge in [-0.15, -0.1) is 0 Å². The number of ether oxygens (including phenoxy) is 3. The summed E-state index contributed by atoms with van der Waals surface area (Å²) in [6, 6.07) is 15.9. The van der Waals surface area contributed by atoms with Crippen molar-refractivity contribution in [2.75, 3.05) is 40.5 Å². The number of pyridine rings is 2. The van der Waals surface area contributed by atoms with Gasteiger partial charge in [-0.2, -0.15) is 0 Å². The Morgan fingerprint density at radius 3 is 2.65 bits per heavy atom. The van der Waals surface area contributed by atoms with Crippen LogP contribution in [-0.4, -0.2) is 72.6 Å². The number of aromatic nitrogens is 2. The zero-order valence-electron chi connectivity index (χ0n) is 26.5. The highest BCUT2D eigenvalue weighted by molar-refractivity contribution is 6.39. The second-order valence-corrected chi connectivity index (χ2v) is 12.7. The van der Waals surface area contributed by atoms with Gasteiger partial charge in [0.05, 0.1) is 47.9 Å². The highest BCUT2D eigenvalue weighted by atomic mass is 35.5. The van der Waals surface area contributed by atoms with Crippen molar-refractivity contribution in [1.82, 2.24) is 20.2 Å². The second-order valence-electron chi connectivity index (χ2n) is 12.0. The quantitative estimate of drug-likeness (QED) is 0.181. The number of halogens is 2. The number of rotatable bonds is 11. The molecule has 0 amide bonds. The maximum atomic E-state index is 9.90. The number of methoxy groups -OCH3 is 2. The van der Waals surface area contributed by atoms with Gasteiger partial charge >= 0.3 is 0 Å². The van der Waals surface area contributed by atoms with E-state index in [-0.39, 0.29) is 12.2 Å². The summed E-state index contributed by atoms with van der Waals surface area (Å²) in [4.78, 5) is 11.8. The molecule has 0 spiro atoms. The first-order chi connectivity index (χ1) is 22.4. The standard InChI is InChI=1S/C36H40Cl2N4O4/c1-22(43)20-42-14-12-23-16-25(17-32(44-2)30(23)21-42)35-34(38)28(11-13-40-35)27-7-4-8-29(33(27)37)31-10-9-24(36(41-31)45-3)18-39-19-26-6-5-15-46-26/h4,7-11,13,16-17,22,26,39,43H,5-6,12,14-15,18-21H2,1-3H3. The van der Waals surface area contributed by atoms with Crippen LogP contribution in [0.4, 0.5) is 0 Å². The first-order valence-corrected chi connectivity index (χ1v) is 16.5. The number of nitrogens with zero attached hydrogens (tertiary/aromatic N) is 3. The Morgan fingerprint density at radius 2 is 1.89 bits per heavy atom. The number of aliphatic hydroxyl groups excluding tert-OH is 1. The molecule has 2 N–H and O–H groups in total. The molecule has 2 aliphatic heterocycles.